The number of nitrogens with one attached hydrogen (secondary N) is 1. The first-order chi connectivity index (χ1) is 10.2. The quantitative estimate of drug-likeness (QED) is 0.887. The van der Waals surface area contributed by atoms with Crippen LogP contribution in [-0.2, 0) is 4.79 Å². The molecule has 2 N–H and O–H groups in total. The van der Waals surface area contributed by atoms with E-state index in [0.717, 1.165) is 10.8 Å². The van der Waals surface area contributed by atoms with E-state index in [9.17, 15) is 9.59 Å². The Morgan fingerprint density at radius 2 is 2.19 bits per heavy atom. The molecule has 1 aliphatic rings. The number of pyridine rings is 1. The number of carbonyl (C=O) groups excluding carboxylic acids is 1. The second-order valence-electron chi connectivity index (χ2n) is 5.02. The highest BCUT2D eigenvalue weighted by molar-refractivity contribution is 6.02. The van der Waals surface area contributed by atoms with Gasteiger partial charge < -0.3 is 15.3 Å². The maximum absolute atomic E-state index is 12.3. The lowest BCUT2D eigenvalue weighted by Gasteiger charge is -2.22. The summed E-state index contributed by atoms with van der Waals surface area (Å²) >= 11 is 0. The Balaban J connectivity index is 1.85. The van der Waals surface area contributed by atoms with Crippen LogP contribution in [0.25, 0.3) is 10.8 Å². The van der Waals surface area contributed by atoms with E-state index in [0.29, 0.717) is 25.1 Å². The SMILES string of the molecule is O=C(O)C1CCCN1C(=O)Nc1cccc2ccncc12. The standard InChI is InChI=1S/C15H15N3O3/c19-14(20)13-5-2-8-18(13)15(21)17-12-4-1-3-10-6-7-16-9-11(10)12/h1,3-4,6-7,9,13H,2,5,8H2,(H,17,21)(H,19,20). The molecule has 6 nitrogen and oxygen atoms in total. The van der Waals surface area contributed by atoms with Crippen molar-refractivity contribution in [1.29, 1.82) is 0 Å². The third kappa shape index (κ3) is 2.52. The number of likely N-dealkylation sites (tertiary alicyclic amines) is 1. The largest absolute Gasteiger partial charge is 0.480 e. The molecule has 0 radical (unpaired) electrons. The third-order valence-electron chi connectivity index (χ3n) is 3.72. The van der Waals surface area contributed by atoms with Gasteiger partial charge in [-0.2, -0.15) is 0 Å². The zero-order chi connectivity index (χ0) is 14.8. The molecule has 1 aliphatic heterocycles. The molecule has 1 saturated heterocycles. The molecule has 2 heterocycles. The fraction of sp³-hybridized carbons (Fsp3) is 0.267. The first-order valence-corrected chi connectivity index (χ1v) is 6.80. The number of carboxylic acid groups (broad SMARTS) is 1. The summed E-state index contributed by atoms with van der Waals surface area (Å²) in [7, 11) is 0. The van der Waals surface area contributed by atoms with Crippen molar-refractivity contribution in [3.8, 4) is 0 Å². The van der Waals surface area contributed by atoms with Crippen LogP contribution in [0.4, 0.5) is 10.5 Å². The van der Waals surface area contributed by atoms with Gasteiger partial charge in [-0.15, -0.1) is 0 Å². The number of carboxylic acids is 1. The van der Waals surface area contributed by atoms with Crippen molar-refractivity contribution in [2.45, 2.75) is 18.9 Å². The molecule has 6 heteroatoms. The molecule has 1 unspecified atom stereocenters. The van der Waals surface area contributed by atoms with E-state index in [4.69, 9.17) is 5.11 Å². The number of aromatic nitrogens is 1. The highest BCUT2D eigenvalue weighted by atomic mass is 16.4. The van der Waals surface area contributed by atoms with Crippen molar-refractivity contribution >= 4 is 28.5 Å². The number of hydrogen-bond acceptors (Lipinski definition) is 3. The van der Waals surface area contributed by atoms with Gasteiger partial charge in [0.2, 0.25) is 0 Å². The molecule has 1 atom stereocenters. The van der Waals surface area contributed by atoms with Crippen molar-refractivity contribution in [1.82, 2.24) is 9.88 Å². The molecule has 0 saturated carbocycles. The minimum absolute atomic E-state index is 0.378. The Hall–Kier alpha value is -2.63. The van der Waals surface area contributed by atoms with E-state index in [1.54, 1.807) is 18.5 Å². The molecule has 21 heavy (non-hydrogen) atoms. The second-order valence-corrected chi connectivity index (χ2v) is 5.02. The molecular formula is C15H15N3O3. The van der Waals surface area contributed by atoms with E-state index < -0.39 is 12.0 Å². The summed E-state index contributed by atoms with van der Waals surface area (Å²) in [6, 6.07) is 6.31. The van der Waals surface area contributed by atoms with Gasteiger partial charge >= 0.3 is 12.0 Å². The summed E-state index contributed by atoms with van der Waals surface area (Å²) in [6.07, 6.45) is 4.58. The maximum atomic E-state index is 12.3. The van der Waals surface area contributed by atoms with Gasteiger partial charge in [0.15, 0.2) is 0 Å². The lowest BCUT2D eigenvalue weighted by Crippen LogP contribution is -2.42. The lowest BCUT2D eigenvalue weighted by atomic mass is 10.1. The Bertz CT molecular complexity index is 696. The molecule has 0 bridgehead atoms. The van der Waals surface area contributed by atoms with Crippen LogP contribution < -0.4 is 5.32 Å². The van der Waals surface area contributed by atoms with Gasteiger partial charge in [-0.3, -0.25) is 4.98 Å². The molecular weight excluding hydrogens is 270 g/mol. The number of hydrogen-bond donors (Lipinski definition) is 2. The van der Waals surface area contributed by atoms with Gasteiger partial charge in [0, 0.05) is 24.3 Å². The van der Waals surface area contributed by atoms with Crippen LogP contribution in [0.1, 0.15) is 12.8 Å². The molecule has 2 amide bonds. The van der Waals surface area contributed by atoms with E-state index in [1.807, 2.05) is 18.2 Å². The Morgan fingerprint density at radius 3 is 3.00 bits per heavy atom. The Kier molecular flexibility index (Phi) is 3.43. The van der Waals surface area contributed by atoms with E-state index in [1.165, 1.54) is 4.90 Å². The second kappa shape index (κ2) is 5.40. The normalized spacial score (nSPS) is 17.9. The van der Waals surface area contributed by atoms with E-state index >= 15 is 0 Å². The average Bonchev–Trinajstić information content (AvgIpc) is 2.97. The highest BCUT2D eigenvalue weighted by Crippen LogP contribution is 2.24. The van der Waals surface area contributed by atoms with Gasteiger partial charge in [0.1, 0.15) is 6.04 Å². The molecule has 1 fully saturated rings. The number of anilines is 1. The molecule has 108 valence electrons. The van der Waals surface area contributed by atoms with Crippen LogP contribution in [0.2, 0.25) is 0 Å². The molecule has 3 rings (SSSR count). The van der Waals surface area contributed by atoms with Crippen molar-refractivity contribution in [2.75, 3.05) is 11.9 Å². The zero-order valence-corrected chi connectivity index (χ0v) is 11.3. The summed E-state index contributed by atoms with van der Waals surface area (Å²) in [4.78, 5) is 28.9. The smallest absolute Gasteiger partial charge is 0.326 e. The van der Waals surface area contributed by atoms with E-state index in [-0.39, 0.29) is 6.03 Å². The predicted molar refractivity (Wildman–Crippen MR) is 78.1 cm³/mol. The van der Waals surface area contributed by atoms with Gasteiger partial charge in [0.05, 0.1) is 5.69 Å². The number of benzene rings is 1. The third-order valence-corrected chi connectivity index (χ3v) is 3.72. The van der Waals surface area contributed by atoms with Gasteiger partial charge in [0.25, 0.3) is 0 Å². The van der Waals surface area contributed by atoms with Crippen LogP contribution in [0, 0.1) is 0 Å². The number of rotatable bonds is 2. The van der Waals surface area contributed by atoms with Crippen LogP contribution in [0.15, 0.2) is 36.7 Å². The van der Waals surface area contributed by atoms with E-state index in [2.05, 4.69) is 10.3 Å². The van der Waals surface area contributed by atoms with Crippen LogP contribution in [0.3, 0.4) is 0 Å². The molecule has 0 spiro atoms. The van der Waals surface area contributed by atoms with Crippen LogP contribution in [0.5, 0.6) is 0 Å². The molecule has 1 aromatic heterocycles. The predicted octanol–water partition coefficient (Wildman–Crippen LogP) is 2.32. The highest BCUT2D eigenvalue weighted by Gasteiger charge is 2.34. The van der Waals surface area contributed by atoms with Crippen molar-refractivity contribution in [3.05, 3.63) is 36.7 Å². The number of aliphatic carboxylic acids is 1. The first kappa shape index (κ1) is 13.4. The summed E-state index contributed by atoms with van der Waals surface area (Å²) in [6.45, 7) is 0.464. The fourth-order valence-electron chi connectivity index (χ4n) is 2.68. The zero-order valence-electron chi connectivity index (χ0n) is 11.3. The van der Waals surface area contributed by atoms with Crippen LogP contribution >= 0.6 is 0 Å². The monoisotopic (exact) mass is 285 g/mol. The number of nitrogens with zero attached hydrogens (tertiary/aromatic N) is 2. The van der Waals surface area contributed by atoms with Gasteiger partial charge in [-0.1, -0.05) is 12.1 Å². The molecule has 0 aliphatic carbocycles. The summed E-state index contributed by atoms with van der Waals surface area (Å²) in [5, 5.41) is 13.7. The average molecular weight is 285 g/mol. The minimum Gasteiger partial charge on any atom is -0.480 e. The first-order valence-electron chi connectivity index (χ1n) is 6.80. The Morgan fingerprint density at radius 1 is 1.33 bits per heavy atom. The van der Waals surface area contributed by atoms with Crippen molar-refractivity contribution in [2.24, 2.45) is 0 Å². The molecule has 2 aromatic rings. The Labute approximate surface area is 121 Å². The van der Waals surface area contributed by atoms with Gasteiger partial charge in [-0.25, -0.2) is 9.59 Å². The summed E-state index contributed by atoms with van der Waals surface area (Å²) < 4.78 is 0. The lowest BCUT2D eigenvalue weighted by molar-refractivity contribution is -0.141. The minimum atomic E-state index is -0.956. The number of amides is 2. The van der Waals surface area contributed by atoms with Crippen LogP contribution in [-0.4, -0.2) is 39.6 Å². The number of urea groups is 1. The fourth-order valence-corrected chi connectivity index (χ4v) is 2.68. The summed E-state index contributed by atoms with van der Waals surface area (Å²) in [5.41, 5.74) is 0.640. The van der Waals surface area contributed by atoms with Crippen molar-refractivity contribution < 1.29 is 14.7 Å². The molecule has 1 aromatic carbocycles. The van der Waals surface area contributed by atoms with Gasteiger partial charge in [-0.05, 0) is 30.4 Å². The number of fused-ring (bicyclic) bond motifs is 1. The van der Waals surface area contributed by atoms with Crippen molar-refractivity contribution in [3.63, 3.8) is 0 Å². The number of carbonyl (C=O) groups is 2. The summed E-state index contributed by atoms with van der Waals surface area (Å²) in [5.74, 6) is -0.956. The maximum Gasteiger partial charge on any atom is 0.326 e. The topological polar surface area (TPSA) is 82.5 Å².